The van der Waals surface area contributed by atoms with Gasteiger partial charge in [-0.25, -0.2) is 0 Å². The lowest BCUT2D eigenvalue weighted by atomic mass is 9.99. The average Bonchev–Trinajstić information content (AvgIpc) is 3.13. The van der Waals surface area contributed by atoms with Crippen molar-refractivity contribution in [2.24, 2.45) is 7.05 Å². The molecule has 7 nitrogen and oxygen atoms in total. The van der Waals surface area contributed by atoms with Crippen LogP contribution in [0.25, 0.3) is 0 Å². The Labute approximate surface area is 135 Å². The maximum Gasteiger partial charge on any atom is 0.267 e. The van der Waals surface area contributed by atoms with Crippen molar-refractivity contribution in [2.45, 2.75) is 38.8 Å². The Hall–Kier alpha value is -2.15. The maximum absolute atomic E-state index is 11.9. The number of hydrogen-bond acceptors (Lipinski definition) is 5. The summed E-state index contributed by atoms with van der Waals surface area (Å²) in [5, 5.41) is 10.7. The molecule has 0 radical (unpaired) electrons. The van der Waals surface area contributed by atoms with E-state index in [4.69, 9.17) is 4.42 Å². The van der Waals surface area contributed by atoms with Crippen LogP contribution in [-0.2, 0) is 13.6 Å². The van der Waals surface area contributed by atoms with Crippen LogP contribution in [0.2, 0.25) is 0 Å². The molecule has 1 saturated heterocycles. The van der Waals surface area contributed by atoms with E-state index < -0.39 is 0 Å². The first-order chi connectivity index (χ1) is 11.1. The van der Waals surface area contributed by atoms with E-state index in [0.717, 1.165) is 25.1 Å². The van der Waals surface area contributed by atoms with Crippen molar-refractivity contribution >= 4 is 5.91 Å². The number of nitrogens with zero attached hydrogens (tertiary/aromatic N) is 4. The second-order valence-corrected chi connectivity index (χ2v) is 5.98. The Balaban J connectivity index is 1.84. The number of likely N-dealkylation sites (tertiary alicyclic amines) is 1. The smallest absolute Gasteiger partial charge is 0.267 e. The van der Waals surface area contributed by atoms with Crippen LogP contribution in [0.4, 0.5) is 0 Å². The highest BCUT2D eigenvalue weighted by Gasteiger charge is 2.28. The largest absolute Gasteiger partial charge is 0.424 e. The zero-order valence-electron chi connectivity index (χ0n) is 13.9. The van der Waals surface area contributed by atoms with E-state index in [1.54, 1.807) is 14.0 Å². The molecule has 0 spiro atoms. The molecule has 3 rings (SSSR count). The number of carbonyl (C=O) groups excluding carboxylic acids is 1. The van der Waals surface area contributed by atoms with E-state index in [9.17, 15) is 4.79 Å². The Morgan fingerprint density at radius 1 is 1.39 bits per heavy atom. The monoisotopic (exact) mass is 317 g/mol. The molecule has 1 N–H and O–H groups in total. The van der Waals surface area contributed by atoms with Gasteiger partial charge >= 0.3 is 0 Å². The third-order valence-electron chi connectivity index (χ3n) is 4.48. The minimum atomic E-state index is -0.0614. The first-order valence-corrected chi connectivity index (χ1v) is 8.01. The third-order valence-corrected chi connectivity index (χ3v) is 4.48. The molecular formula is C16H23N5O2. The molecule has 2 aromatic rings. The Morgan fingerprint density at radius 2 is 2.22 bits per heavy atom. The van der Waals surface area contributed by atoms with Gasteiger partial charge in [-0.1, -0.05) is 6.42 Å². The standard InChI is InChI=1S/C16H23N5O2/c1-11-18-19-15(23-11)10-21-9-5-4-6-13(21)12-7-8-14(20(12)3)16(22)17-2/h7-8,13H,4-6,9-10H2,1-3H3,(H,17,22)/t13-/m0/s1. The summed E-state index contributed by atoms with van der Waals surface area (Å²) >= 11 is 0. The lowest BCUT2D eigenvalue weighted by Gasteiger charge is -2.35. The minimum Gasteiger partial charge on any atom is -0.424 e. The Kier molecular flexibility index (Phi) is 4.47. The van der Waals surface area contributed by atoms with Gasteiger partial charge in [-0.15, -0.1) is 10.2 Å². The quantitative estimate of drug-likeness (QED) is 0.930. The van der Waals surface area contributed by atoms with Gasteiger partial charge in [0.15, 0.2) is 0 Å². The average molecular weight is 317 g/mol. The van der Waals surface area contributed by atoms with Gasteiger partial charge in [0.05, 0.1) is 12.6 Å². The van der Waals surface area contributed by atoms with Gasteiger partial charge in [0.2, 0.25) is 11.8 Å². The van der Waals surface area contributed by atoms with Crippen molar-refractivity contribution in [1.82, 2.24) is 25.0 Å². The number of piperidine rings is 1. The molecule has 0 aliphatic carbocycles. The molecule has 1 aliphatic heterocycles. The second kappa shape index (κ2) is 6.54. The highest BCUT2D eigenvalue weighted by molar-refractivity contribution is 5.92. The number of carbonyl (C=O) groups is 1. The molecule has 2 aromatic heterocycles. The van der Waals surface area contributed by atoms with Crippen LogP contribution in [0.15, 0.2) is 16.5 Å². The molecule has 1 aliphatic rings. The fraction of sp³-hybridized carbons (Fsp3) is 0.562. The van der Waals surface area contributed by atoms with Crippen LogP contribution in [0, 0.1) is 6.92 Å². The van der Waals surface area contributed by atoms with E-state index >= 15 is 0 Å². The number of amides is 1. The molecule has 0 bridgehead atoms. The Morgan fingerprint density at radius 3 is 2.91 bits per heavy atom. The summed E-state index contributed by atoms with van der Waals surface area (Å²) < 4.78 is 7.51. The minimum absolute atomic E-state index is 0.0614. The van der Waals surface area contributed by atoms with Crippen LogP contribution in [0.5, 0.6) is 0 Å². The first kappa shape index (κ1) is 15.7. The fourth-order valence-electron chi connectivity index (χ4n) is 3.31. The fourth-order valence-corrected chi connectivity index (χ4v) is 3.31. The number of hydrogen-bond donors (Lipinski definition) is 1. The van der Waals surface area contributed by atoms with Gasteiger partial charge in [0.1, 0.15) is 5.69 Å². The van der Waals surface area contributed by atoms with E-state index in [2.05, 4.69) is 20.4 Å². The van der Waals surface area contributed by atoms with Gasteiger partial charge in [0, 0.05) is 26.7 Å². The lowest BCUT2D eigenvalue weighted by molar-refractivity contribution is 0.0951. The number of aromatic nitrogens is 3. The summed E-state index contributed by atoms with van der Waals surface area (Å²) in [7, 11) is 3.60. The summed E-state index contributed by atoms with van der Waals surface area (Å²) in [5.74, 6) is 1.18. The molecule has 0 aromatic carbocycles. The molecule has 7 heteroatoms. The van der Waals surface area contributed by atoms with E-state index in [0.29, 0.717) is 24.0 Å². The molecule has 0 saturated carbocycles. The number of nitrogens with one attached hydrogen (secondary N) is 1. The molecule has 3 heterocycles. The van der Waals surface area contributed by atoms with Gasteiger partial charge in [-0.05, 0) is 31.5 Å². The molecule has 124 valence electrons. The first-order valence-electron chi connectivity index (χ1n) is 8.01. The normalized spacial score (nSPS) is 19.0. The molecule has 1 fully saturated rings. The van der Waals surface area contributed by atoms with Crippen LogP contribution in [-0.4, -0.2) is 39.2 Å². The zero-order chi connectivity index (χ0) is 16.4. The van der Waals surface area contributed by atoms with E-state index in [1.165, 1.54) is 6.42 Å². The summed E-state index contributed by atoms with van der Waals surface area (Å²) in [5.41, 5.74) is 1.83. The summed E-state index contributed by atoms with van der Waals surface area (Å²) in [6.45, 7) is 3.44. The molecule has 0 unspecified atom stereocenters. The van der Waals surface area contributed by atoms with Crippen molar-refractivity contribution in [1.29, 1.82) is 0 Å². The topological polar surface area (TPSA) is 76.2 Å². The summed E-state index contributed by atoms with van der Waals surface area (Å²) in [6.07, 6.45) is 3.42. The second-order valence-electron chi connectivity index (χ2n) is 5.98. The van der Waals surface area contributed by atoms with E-state index in [-0.39, 0.29) is 11.9 Å². The zero-order valence-corrected chi connectivity index (χ0v) is 13.9. The van der Waals surface area contributed by atoms with Crippen LogP contribution < -0.4 is 5.32 Å². The van der Waals surface area contributed by atoms with Crippen LogP contribution in [0.3, 0.4) is 0 Å². The number of aryl methyl sites for hydroxylation is 1. The van der Waals surface area contributed by atoms with Crippen molar-refractivity contribution in [3.05, 3.63) is 35.3 Å². The predicted octanol–water partition coefficient (Wildman–Crippen LogP) is 1.80. The molecule has 1 atom stereocenters. The van der Waals surface area contributed by atoms with Gasteiger partial charge in [0.25, 0.3) is 5.91 Å². The van der Waals surface area contributed by atoms with Crippen molar-refractivity contribution in [3.63, 3.8) is 0 Å². The third kappa shape index (κ3) is 3.14. The predicted molar refractivity (Wildman–Crippen MR) is 84.8 cm³/mol. The summed E-state index contributed by atoms with van der Waals surface area (Å²) in [6, 6.07) is 4.20. The number of rotatable bonds is 4. The lowest BCUT2D eigenvalue weighted by Crippen LogP contribution is -2.34. The highest BCUT2D eigenvalue weighted by Crippen LogP contribution is 2.32. The Bertz CT molecular complexity index is 690. The van der Waals surface area contributed by atoms with Gasteiger partial charge in [-0.3, -0.25) is 9.69 Å². The molecule has 1 amide bonds. The maximum atomic E-state index is 11.9. The highest BCUT2D eigenvalue weighted by atomic mass is 16.4. The summed E-state index contributed by atoms with van der Waals surface area (Å²) in [4.78, 5) is 14.3. The van der Waals surface area contributed by atoms with E-state index in [1.807, 2.05) is 23.7 Å². The van der Waals surface area contributed by atoms with Crippen molar-refractivity contribution in [3.8, 4) is 0 Å². The SMILES string of the molecule is CNC(=O)c1ccc([C@@H]2CCCCN2Cc2nnc(C)o2)n1C. The van der Waals surface area contributed by atoms with Crippen LogP contribution in [0.1, 0.15) is 53.3 Å². The van der Waals surface area contributed by atoms with Crippen LogP contribution >= 0.6 is 0 Å². The van der Waals surface area contributed by atoms with Crippen molar-refractivity contribution < 1.29 is 9.21 Å². The molecule has 23 heavy (non-hydrogen) atoms. The van der Waals surface area contributed by atoms with Gasteiger partial charge in [-0.2, -0.15) is 0 Å². The molecular weight excluding hydrogens is 294 g/mol. The van der Waals surface area contributed by atoms with Crippen molar-refractivity contribution in [2.75, 3.05) is 13.6 Å². The van der Waals surface area contributed by atoms with Gasteiger partial charge < -0.3 is 14.3 Å².